The molecular formula is C20H19N3OS. The maximum Gasteiger partial charge on any atom is 0.167 e. The molecule has 1 fully saturated rings. The molecule has 5 heteroatoms. The molecule has 1 saturated heterocycles. The molecule has 0 atom stereocenters. The van der Waals surface area contributed by atoms with Crippen LogP contribution in [0.3, 0.4) is 0 Å². The molecule has 0 aliphatic carbocycles. The van der Waals surface area contributed by atoms with E-state index in [-0.39, 0.29) is 0 Å². The molecule has 3 heterocycles. The molecule has 25 heavy (non-hydrogen) atoms. The Morgan fingerprint density at radius 3 is 2.72 bits per heavy atom. The quantitative estimate of drug-likeness (QED) is 0.550. The highest BCUT2D eigenvalue weighted by atomic mass is 32.1. The van der Waals surface area contributed by atoms with Crippen molar-refractivity contribution in [3.05, 3.63) is 59.6 Å². The van der Waals surface area contributed by atoms with Crippen molar-refractivity contribution in [2.75, 3.05) is 31.1 Å². The Kier molecular flexibility index (Phi) is 3.68. The van der Waals surface area contributed by atoms with Crippen LogP contribution in [0.1, 0.15) is 5.69 Å². The van der Waals surface area contributed by atoms with Crippen LogP contribution in [0.15, 0.2) is 58.4 Å². The Balaban J connectivity index is 1.31. The summed E-state index contributed by atoms with van der Waals surface area (Å²) in [6, 6.07) is 17.0. The summed E-state index contributed by atoms with van der Waals surface area (Å²) < 4.78 is 6.80. The van der Waals surface area contributed by atoms with Crippen LogP contribution in [-0.2, 0) is 6.54 Å². The van der Waals surface area contributed by atoms with E-state index in [1.807, 2.05) is 29.5 Å². The van der Waals surface area contributed by atoms with Gasteiger partial charge in [0.05, 0.1) is 0 Å². The lowest BCUT2D eigenvalue weighted by atomic mass is 10.1. The van der Waals surface area contributed by atoms with Gasteiger partial charge in [0.15, 0.2) is 5.58 Å². The van der Waals surface area contributed by atoms with E-state index in [9.17, 15) is 0 Å². The molecule has 2 aromatic heterocycles. The normalized spacial score (nSPS) is 16.1. The second kappa shape index (κ2) is 6.17. The molecule has 4 aromatic rings. The number of para-hydroxylation sites is 1. The standard InChI is InChI=1S/C20H19N3OS/c1-2-6-19-15(4-1)17(21-24-19)14-22-9-11-23(12-10-22)18-5-3-7-20-16(18)8-13-25-20/h1-8,13H,9-12,14H2. The van der Waals surface area contributed by atoms with Gasteiger partial charge in [-0.05, 0) is 35.7 Å². The summed E-state index contributed by atoms with van der Waals surface area (Å²) in [4.78, 5) is 4.97. The van der Waals surface area contributed by atoms with Crippen LogP contribution in [0.5, 0.6) is 0 Å². The van der Waals surface area contributed by atoms with Crippen molar-refractivity contribution in [3.8, 4) is 0 Å². The van der Waals surface area contributed by atoms with Crippen LogP contribution in [0.4, 0.5) is 5.69 Å². The third kappa shape index (κ3) is 2.69. The number of rotatable bonds is 3. The van der Waals surface area contributed by atoms with Gasteiger partial charge in [0.1, 0.15) is 5.69 Å². The highest BCUT2D eigenvalue weighted by Crippen LogP contribution is 2.31. The van der Waals surface area contributed by atoms with Crippen molar-refractivity contribution in [2.45, 2.75) is 6.54 Å². The van der Waals surface area contributed by atoms with Crippen LogP contribution in [0.2, 0.25) is 0 Å². The van der Waals surface area contributed by atoms with Crippen LogP contribution >= 0.6 is 11.3 Å². The van der Waals surface area contributed by atoms with Gasteiger partial charge in [-0.15, -0.1) is 11.3 Å². The van der Waals surface area contributed by atoms with E-state index in [4.69, 9.17) is 4.52 Å². The average Bonchev–Trinajstić information content (AvgIpc) is 3.29. The molecule has 0 N–H and O–H groups in total. The van der Waals surface area contributed by atoms with Gasteiger partial charge < -0.3 is 9.42 Å². The maximum absolute atomic E-state index is 5.43. The summed E-state index contributed by atoms with van der Waals surface area (Å²) in [6.07, 6.45) is 0. The van der Waals surface area contributed by atoms with Crippen LogP contribution in [-0.4, -0.2) is 36.2 Å². The third-order valence-corrected chi connectivity index (χ3v) is 5.89. The fourth-order valence-corrected chi connectivity index (χ4v) is 4.47. The number of nitrogens with zero attached hydrogens (tertiary/aromatic N) is 3. The second-order valence-electron chi connectivity index (χ2n) is 6.50. The summed E-state index contributed by atoms with van der Waals surface area (Å²) in [5, 5.41) is 8.96. The van der Waals surface area contributed by atoms with Gasteiger partial charge in [-0.3, -0.25) is 4.90 Å². The Morgan fingerprint density at radius 2 is 1.80 bits per heavy atom. The number of benzene rings is 2. The first kappa shape index (κ1) is 14.9. The molecule has 126 valence electrons. The molecule has 4 nitrogen and oxygen atoms in total. The summed E-state index contributed by atoms with van der Waals surface area (Å²) in [6.45, 7) is 5.03. The summed E-state index contributed by atoms with van der Waals surface area (Å²) in [5.41, 5.74) is 3.29. The maximum atomic E-state index is 5.43. The fraction of sp³-hybridized carbons (Fsp3) is 0.250. The number of anilines is 1. The predicted octanol–water partition coefficient (Wildman–Crippen LogP) is 4.36. The van der Waals surface area contributed by atoms with E-state index < -0.39 is 0 Å². The van der Waals surface area contributed by atoms with Crippen molar-refractivity contribution in [2.24, 2.45) is 0 Å². The average molecular weight is 349 g/mol. The topological polar surface area (TPSA) is 32.5 Å². The number of fused-ring (bicyclic) bond motifs is 2. The van der Waals surface area contributed by atoms with Gasteiger partial charge >= 0.3 is 0 Å². The first-order chi connectivity index (χ1) is 12.4. The summed E-state index contributed by atoms with van der Waals surface area (Å²) in [5.74, 6) is 0. The van der Waals surface area contributed by atoms with Crippen LogP contribution in [0, 0.1) is 0 Å². The highest BCUT2D eigenvalue weighted by Gasteiger charge is 2.20. The Bertz CT molecular complexity index is 1010. The highest BCUT2D eigenvalue weighted by molar-refractivity contribution is 7.17. The molecule has 2 aromatic carbocycles. The number of hydrogen-bond acceptors (Lipinski definition) is 5. The van der Waals surface area contributed by atoms with E-state index in [1.54, 1.807) is 0 Å². The van der Waals surface area contributed by atoms with Gasteiger partial charge in [0.25, 0.3) is 0 Å². The lowest BCUT2D eigenvalue weighted by molar-refractivity contribution is 0.243. The summed E-state index contributed by atoms with van der Waals surface area (Å²) >= 11 is 1.81. The van der Waals surface area contributed by atoms with Crippen LogP contribution in [0.25, 0.3) is 21.1 Å². The first-order valence-electron chi connectivity index (χ1n) is 8.65. The van der Waals surface area contributed by atoms with Crippen molar-refractivity contribution in [1.82, 2.24) is 10.1 Å². The van der Waals surface area contributed by atoms with Crippen molar-refractivity contribution in [1.29, 1.82) is 0 Å². The van der Waals surface area contributed by atoms with Crippen LogP contribution < -0.4 is 4.90 Å². The largest absolute Gasteiger partial charge is 0.368 e. The molecular weight excluding hydrogens is 330 g/mol. The van der Waals surface area contributed by atoms with Crippen molar-refractivity contribution >= 4 is 38.1 Å². The minimum absolute atomic E-state index is 0.855. The molecule has 0 amide bonds. The lowest BCUT2D eigenvalue weighted by Crippen LogP contribution is -2.46. The number of hydrogen-bond donors (Lipinski definition) is 0. The van der Waals surface area contributed by atoms with E-state index in [0.29, 0.717) is 0 Å². The predicted molar refractivity (Wildman–Crippen MR) is 103 cm³/mol. The minimum Gasteiger partial charge on any atom is -0.368 e. The second-order valence-corrected chi connectivity index (χ2v) is 7.45. The smallest absolute Gasteiger partial charge is 0.167 e. The molecule has 1 aliphatic heterocycles. The first-order valence-corrected chi connectivity index (χ1v) is 9.53. The van der Waals surface area contributed by atoms with E-state index in [2.05, 4.69) is 50.7 Å². The monoisotopic (exact) mass is 349 g/mol. The fourth-order valence-electron chi connectivity index (χ4n) is 3.66. The Hall–Kier alpha value is -2.37. The zero-order valence-corrected chi connectivity index (χ0v) is 14.7. The SMILES string of the molecule is c1ccc2c(CN3CCN(c4cccc5sccc45)CC3)noc2c1. The minimum atomic E-state index is 0.855. The van der Waals surface area contributed by atoms with Gasteiger partial charge in [-0.25, -0.2) is 0 Å². The van der Waals surface area contributed by atoms with Gasteiger partial charge in [0, 0.05) is 53.9 Å². The molecule has 0 bridgehead atoms. The molecule has 0 unspecified atom stereocenters. The number of piperazine rings is 1. The van der Waals surface area contributed by atoms with Crippen molar-refractivity contribution < 1.29 is 4.52 Å². The number of aromatic nitrogens is 1. The zero-order valence-electron chi connectivity index (χ0n) is 13.9. The molecule has 0 spiro atoms. The zero-order chi connectivity index (χ0) is 16.6. The molecule has 1 aliphatic rings. The molecule has 5 rings (SSSR count). The van der Waals surface area contributed by atoms with Gasteiger partial charge in [-0.1, -0.05) is 23.4 Å². The summed E-state index contributed by atoms with van der Waals surface area (Å²) in [7, 11) is 0. The van der Waals surface area contributed by atoms with E-state index in [1.165, 1.54) is 15.8 Å². The number of thiophene rings is 1. The van der Waals surface area contributed by atoms with E-state index in [0.717, 1.165) is 49.4 Å². The molecule has 0 saturated carbocycles. The van der Waals surface area contributed by atoms with Crippen molar-refractivity contribution in [3.63, 3.8) is 0 Å². The van der Waals surface area contributed by atoms with E-state index >= 15 is 0 Å². The van der Waals surface area contributed by atoms with Gasteiger partial charge in [-0.2, -0.15) is 0 Å². The lowest BCUT2D eigenvalue weighted by Gasteiger charge is -2.36. The van der Waals surface area contributed by atoms with Gasteiger partial charge in [0.2, 0.25) is 0 Å². The third-order valence-electron chi connectivity index (χ3n) is 5.01. The Morgan fingerprint density at radius 1 is 0.920 bits per heavy atom. The Labute approximate surface area is 150 Å². The molecule has 0 radical (unpaired) electrons.